The molecule has 1 atom stereocenters. The van der Waals surface area contributed by atoms with Gasteiger partial charge in [0.2, 0.25) is 5.89 Å². The molecule has 0 aliphatic carbocycles. The highest BCUT2D eigenvalue weighted by atomic mass is 16.5. The second kappa shape index (κ2) is 5.26. The van der Waals surface area contributed by atoms with Gasteiger partial charge in [0.25, 0.3) is 0 Å². The first-order valence-corrected chi connectivity index (χ1v) is 5.96. The Kier molecular flexibility index (Phi) is 3.72. The van der Waals surface area contributed by atoms with Crippen molar-refractivity contribution >= 4 is 0 Å². The topological polar surface area (TPSA) is 51.0 Å². The molecule has 0 bridgehead atoms. The van der Waals surface area contributed by atoms with E-state index in [0.29, 0.717) is 0 Å². The molecular formula is C11H19N3O. The Morgan fingerprint density at radius 3 is 3.20 bits per heavy atom. The number of rotatable bonds is 3. The first kappa shape index (κ1) is 10.6. The molecule has 2 rings (SSSR count). The zero-order valence-corrected chi connectivity index (χ0v) is 9.33. The van der Waals surface area contributed by atoms with Crippen LogP contribution < -0.4 is 5.32 Å². The number of hydrogen-bond acceptors (Lipinski definition) is 4. The molecule has 15 heavy (non-hydrogen) atoms. The van der Waals surface area contributed by atoms with Gasteiger partial charge in [0, 0.05) is 6.42 Å². The quantitative estimate of drug-likeness (QED) is 0.829. The van der Waals surface area contributed by atoms with Crippen LogP contribution in [-0.2, 0) is 6.42 Å². The number of aromatic nitrogens is 2. The van der Waals surface area contributed by atoms with Crippen LogP contribution in [0.5, 0.6) is 0 Å². The Labute approximate surface area is 90.4 Å². The third kappa shape index (κ3) is 2.78. The standard InChI is InChI=1S/C11H19N3O/c1-2-6-10-13-11(15-14-10)9-7-4-3-5-8-12-9/h9,12H,2-8H2,1H3. The number of hydrogen-bond donors (Lipinski definition) is 1. The van der Waals surface area contributed by atoms with Crippen molar-refractivity contribution in [1.82, 2.24) is 15.5 Å². The van der Waals surface area contributed by atoms with E-state index in [-0.39, 0.29) is 6.04 Å². The van der Waals surface area contributed by atoms with Gasteiger partial charge >= 0.3 is 0 Å². The van der Waals surface area contributed by atoms with Crippen LogP contribution >= 0.6 is 0 Å². The molecule has 2 heterocycles. The molecule has 1 unspecified atom stereocenters. The maximum Gasteiger partial charge on any atom is 0.243 e. The van der Waals surface area contributed by atoms with Crippen molar-refractivity contribution in [2.24, 2.45) is 0 Å². The summed E-state index contributed by atoms with van der Waals surface area (Å²) in [7, 11) is 0. The lowest BCUT2D eigenvalue weighted by Crippen LogP contribution is -2.20. The molecule has 0 radical (unpaired) electrons. The Balaban J connectivity index is 2.00. The molecule has 0 aromatic carbocycles. The molecule has 1 N–H and O–H groups in total. The summed E-state index contributed by atoms with van der Waals surface area (Å²) in [5.41, 5.74) is 0. The van der Waals surface area contributed by atoms with Crippen LogP contribution in [0.4, 0.5) is 0 Å². The van der Waals surface area contributed by atoms with E-state index < -0.39 is 0 Å². The molecule has 1 fully saturated rings. The zero-order chi connectivity index (χ0) is 10.5. The maximum atomic E-state index is 5.29. The van der Waals surface area contributed by atoms with Crippen molar-refractivity contribution in [2.75, 3.05) is 6.54 Å². The summed E-state index contributed by atoms with van der Waals surface area (Å²) in [5.74, 6) is 1.62. The van der Waals surface area contributed by atoms with Gasteiger partial charge < -0.3 is 9.84 Å². The average Bonchev–Trinajstić information content (AvgIpc) is 2.53. The Hall–Kier alpha value is -0.900. The van der Waals surface area contributed by atoms with E-state index in [9.17, 15) is 0 Å². The number of nitrogens with zero attached hydrogens (tertiary/aromatic N) is 2. The van der Waals surface area contributed by atoms with Crippen molar-refractivity contribution in [2.45, 2.75) is 51.5 Å². The van der Waals surface area contributed by atoms with Crippen molar-refractivity contribution < 1.29 is 4.52 Å². The van der Waals surface area contributed by atoms with E-state index in [0.717, 1.165) is 37.5 Å². The van der Waals surface area contributed by atoms with E-state index in [1.807, 2.05) is 0 Å². The molecule has 1 saturated heterocycles. The molecule has 1 aliphatic rings. The summed E-state index contributed by atoms with van der Waals surface area (Å²) in [5, 5.41) is 7.44. The van der Waals surface area contributed by atoms with Crippen LogP contribution in [0.15, 0.2) is 4.52 Å². The van der Waals surface area contributed by atoms with Gasteiger partial charge in [-0.25, -0.2) is 0 Å². The van der Waals surface area contributed by atoms with E-state index in [4.69, 9.17) is 4.52 Å². The van der Waals surface area contributed by atoms with Gasteiger partial charge in [0.1, 0.15) is 0 Å². The van der Waals surface area contributed by atoms with E-state index >= 15 is 0 Å². The van der Waals surface area contributed by atoms with Crippen molar-refractivity contribution in [3.63, 3.8) is 0 Å². The van der Waals surface area contributed by atoms with Gasteiger partial charge in [-0.1, -0.05) is 24.9 Å². The first-order chi connectivity index (χ1) is 7.40. The molecule has 4 nitrogen and oxygen atoms in total. The highest BCUT2D eigenvalue weighted by Crippen LogP contribution is 2.21. The largest absolute Gasteiger partial charge is 0.338 e. The smallest absolute Gasteiger partial charge is 0.243 e. The fraction of sp³-hybridized carbons (Fsp3) is 0.818. The first-order valence-electron chi connectivity index (χ1n) is 5.96. The van der Waals surface area contributed by atoms with Crippen LogP contribution in [0.25, 0.3) is 0 Å². The predicted molar refractivity (Wildman–Crippen MR) is 57.5 cm³/mol. The van der Waals surface area contributed by atoms with Crippen molar-refractivity contribution in [3.05, 3.63) is 11.7 Å². The summed E-state index contributed by atoms with van der Waals surface area (Å²) < 4.78 is 5.29. The van der Waals surface area contributed by atoms with Crippen LogP contribution in [-0.4, -0.2) is 16.7 Å². The highest BCUT2D eigenvalue weighted by molar-refractivity contribution is 4.93. The van der Waals surface area contributed by atoms with Crippen LogP contribution in [0.1, 0.15) is 56.8 Å². The monoisotopic (exact) mass is 209 g/mol. The molecule has 84 valence electrons. The number of aryl methyl sites for hydroxylation is 1. The molecular weight excluding hydrogens is 190 g/mol. The molecule has 1 aromatic rings. The van der Waals surface area contributed by atoms with Gasteiger partial charge in [0.15, 0.2) is 5.82 Å². The lowest BCUT2D eigenvalue weighted by molar-refractivity contribution is 0.324. The van der Waals surface area contributed by atoms with Gasteiger partial charge in [0.05, 0.1) is 6.04 Å². The summed E-state index contributed by atoms with van der Waals surface area (Å²) in [4.78, 5) is 4.43. The lowest BCUT2D eigenvalue weighted by Gasteiger charge is -2.09. The molecule has 4 heteroatoms. The summed E-state index contributed by atoms with van der Waals surface area (Å²) in [6.07, 6.45) is 6.91. The van der Waals surface area contributed by atoms with Gasteiger partial charge in [-0.2, -0.15) is 4.98 Å². The van der Waals surface area contributed by atoms with Crippen molar-refractivity contribution in [3.8, 4) is 0 Å². The third-order valence-electron chi connectivity index (χ3n) is 2.82. The van der Waals surface area contributed by atoms with Gasteiger partial charge in [-0.3, -0.25) is 0 Å². The molecule has 0 spiro atoms. The van der Waals surface area contributed by atoms with Crippen LogP contribution in [0.2, 0.25) is 0 Å². The Bertz CT molecular complexity index is 290. The molecule has 1 aromatic heterocycles. The fourth-order valence-corrected chi connectivity index (χ4v) is 1.97. The highest BCUT2D eigenvalue weighted by Gasteiger charge is 2.19. The SMILES string of the molecule is CCCc1noc(C2CCCCCN2)n1. The van der Waals surface area contributed by atoms with Gasteiger partial charge in [-0.05, 0) is 25.8 Å². The molecule has 1 aliphatic heterocycles. The van der Waals surface area contributed by atoms with Crippen LogP contribution in [0, 0.1) is 0 Å². The zero-order valence-electron chi connectivity index (χ0n) is 9.33. The minimum atomic E-state index is 0.283. The van der Waals surface area contributed by atoms with Gasteiger partial charge in [-0.15, -0.1) is 0 Å². The Morgan fingerprint density at radius 1 is 1.40 bits per heavy atom. The average molecular weight is 209 g/mol. The second-order valence-corrected chi connectivity index (χ2v) is 4.15. The lowest BCUT2D eigenvalue weighted by atomic mass is 10.1. The molecule has 0 saturated carbocycles. The summed E-state index contributed by atoms with van der Waals surface area (Å²) in [6, 6.07) is 0.283. The minimum absolute atomic E-state index is 0.283. The minimum Gasteiger partial charge on any atom is -0.338 e. The third-order valence-corrected chi connectivity index (χ3v) is 2.82. The normalized spacial score (nSPS) is 22.6. The van der Waals surface area contributed by atoms with E-state index in [1.165, 1.54) is 19.3 Å². The summed E-state index contributed by atoms with van der Waals surface area (Å²) in [6.45, 7) is 3.19. The maximum absolute atomic E-state index is 5.29. The number of nitrogens with one attached hydrogen (secondary N) is 1. The summed E-state index contributed by atoms with van der Waals surface area (Å²) >= 11 is 0. The predicted octanol–water partition coefficient (Wildman–Crippen LogP) is 2.23. The van der Waals surface area contributed by atoms with Crippen LogP contribution in [0.3, 0.4) is 0 Å². The van der Waals surface area contributed by atoms with E-state index in [2.05, 4.69) is 22.4 Å². The van der Waals surface area contributed by atoms with Crippen molar-refractivity contribution in [1.29, 1.82) is 0 Å². The Morgan fingerprint density at radius 2 is 2.33 bits per heavy atom. The second-order valence-electron chi connectivity index (χ2n) is 4.15. The molecule has 0 amide bonds. The van der Waals surface area contributed by atoms with E-state index in [1.54, 1.807) is 0 Å². The fourth-order valence-electron chi connectivity index (χ4n) is 1.97.